The van der Waals surface area contributed by atoms with Crippen LogP contribution in [-0.4, -0.2) is 15.0 Å². The molecule has 0 unspecified atom stereocenters. The molecule has 1 aliphatic carbocycles. The number of fused-ring (bicyclic) bond motifs is 5. The molecule has 3 heteroatoms. The molecule has 0 amide bonds. The number of nitrogens with zero attached hydrogens (tertiary/aromatic N) is 3. The predicted molar refractivity (Wildman–Crippen MR) is 183 cm³/mol. The largest absolute Gasteiger partial charge is 0.208 e. The fourth-order valence-electron chi connectivity index (χ4n) is 6.58. The van der Waals surface area contributed by atoms with Crippen LogP contribution < -0.4 is 0 Å². The average Bonchev–Trinajstić information content (AvgIpc) is 3.31. The van der Waals surface area contributed by atoms with Crippen molar-refractivity contribution in [2.75, 3.05) is 0 Å². The molecule has 0 N–H and O–H groups in total. The van der Waals surface area contributed by atoms with Crippen LogP contribution in [0.15, 0.2) is 140 Å². The minimum atomic E-state index is -0.0432. The molecule has 0 saturated heterocycles. The van der Waals surface area contributed by atoms with Crippen molar-refractivity contribution in [2.24, 2.45) is 0 Å². The highest BCUT2D eigenvalue weighted by Crippen LogP contribution is 2.51. The van der Waals surface area contributed by atoms with Crippen LogP contribution in [-0.2, 0) is 5.41 Å². The van der Waals surface area contributed by atoms with Crippen LogP contribution in [0.5, 0.6) is 0 Å². The highest BCUT2D eigenvalue weighted by atomic mass is 15.0. The smallest absolute Gasteiger partial charge is 0.164 e. The van der Waals surface area contributed by atoms with Crippen molar-refractivity contribution in [1.29, 1.82) is 0 Å². The molecule has 0 fully saturated rings. The van der Waals surface area contributed by atoms with E-state index < -0.39 is 0 Å². The zero-order valence-corrected chi connectivity index (χ0v) is 24.1. The molecule has 1 aliphatic rings. The Hall–Kier alpha value is -5.41. The lowest BCUT2D eigenvalue weighted by Crippen LogP contribution is -2.15. The summed E-state index contributed by atoms with van der Waals surface area (Å²) in [5.41, 5.74) is 10.7. The summed E-state index contributed by atoms with van der Waals surface area (Å²) in [7, 11) is 0. The van der Waals surface area contributed by atoms with Crippen LogP contribution in [0.25, 0.3) is 67.2 Å². The first-order chi connectivity index (χ1) is 21.1. The van der Waals surface area contributed by atoms with E-state index in [-0.39, 0.29) is 12.8 Å². The maximum atomic E-state index is 4.94. The molecule has 0 radical (unpaired) electrons. The van der Waals surface area contributed by atoms with Gasteiger partial charge in [-0.05, 0) is 56.3 Å². The van der Waals surface area contributed by atoms with Gasteiger partial charge in [-0.15, -0.1) is 0 Å². The molecule has 44 heavy (non-hydrogen) atoms. The standard InChI is InChI=1S/C40H29N3.CH4/c1-40(2)35-19-10-9-18-33(35)34-23-21-30-24-29(20-22-32(30)36(34)40)28-16-11-17-31(25-28)39-42-37(26-12-5-3-6-13-26)41-38(43-39)27-14-7-4-8-15-27;/h3-25H,1-2H3;1H4. The van der Waals surface area contributed by atoms with Crippen molar-refractivity contribution in [3.8, 4) is 56.4 Å². The minimum absolute atomic E-state index is 0. The molecule has 7 aromatic rings. The molecular formula is C41H33N3. The molecule has 1 aromatic heterocycles. The molecule has 0 saturated carbocycles. The van der Waals surface area contributed by atoms with Crippen molar-refractivity contribution in [2.45, 2.75) is 26.7 Å². The second-order valence-electron chi connectivity index (χ2n) is 11.7. The van der Waals surface area contributed by atoms with Gasteiger partial charge in [0.1, 0.15) is 0 Å². The van der Waals surface area contributed by atoms with E-state index in [1.165, 1.54) is 38.6 Å². The van der Waals surface area contributed by atoms with E-state index in [0.29, 0.717) is 17.5 Å². The van der Waals surface area contributed by atoms with Crippen LogP contribution >= 0.6 is 0 Å². The van der Waals surface area contributed by atoms with Crippen LogP contribution in [0.1, 0.15) is 32.4 Å². The Morgan fingerprint density at radius 2 is 0.977 bits per heavy atom. The molecule has 6 aromatic carbocycles. The maximum absolute atomic E-state index is 4.94. The second-order valence-corrected chi connectivity index (χ2v) is 11.7. The summed E-state index contributed by atoms with van der Waals surface area (Å²) in [5, 5.41) is 2.57. The van der Waals surface area contributed by atoms with Gasteiger partial charge in [0.25, 0.3) is 0 Å². The van der Waals surface area contributed by atoms with Gasteiger partial charge < -0.3 is 0 Å². The van der Waals surface area contributed by atoms with Crippen LogP contribution in [0.4, 0.5) is 0 Å². The van der Waals surface area contributed by atoms with Crippen molar-refractivity contribution in [3.63, 3.8) is 0 Å². The molecule has 0 aliphatic heterocycles. The summed E-state index contributed by atoms with van der Waals surface area (Å²) in [5.74, 6) is 1.99. The summed E-state index contributed by atoms with van der Waals surface area (Å²) in [6.07, 6.45) is 0. The number of hydrogen-bond donors (Lipinski definition) is 0. The summed E-state index contributed by atoms with van der Waals surface area (Å²) in [6.45, 7) is 4.69. The molecule has 3 nitrogen and oxygen atoms in total. The van der Waals surface area contributed by atoms with E-state index in [4.69, 9.17) is 15.0 Å². The van der Waals surface area contributed by atoms with Gasteiger partial charge in [-0.1, -0.05) is 149 Å². The lowest BCUT2D eigenvalue weighted by molar-refractivity contribution is 0.666. The van der Waals surface area contributed by atoms with Gasteiger partial charge in [0.05, 0.1) is 0 Å². The third kappa shape index (κ3) is 4.49. The summed E-state index contributed by atoms with van der Waals surface area (Å²) < 4.78 is 0. The Morgan fingerprint density at radius 1 is 0.432 bits per heavy atom. The molecular weight excluding hydrogens is 534 g/mol. The lowest BCUT2D eigenvalue weighted by atomic mass is 9.80. The Labute approximate surface area is 259 Å². The summed E-state index contributed by atoms with van der Waals surface area (Å²) in [4.78, 5) is 14.7. The SMILES string of the molecule is C.CC1(C)c2ccccc2-c2ccc3cc(-c4cccc(-c5nc(-c6ccccc6)nc(-c6ccccc6)n5)c4)ccc3c21. The highest BCUT2D eigenvalue weighted by Gasteiger charge is 2.36. The molecule has 0 spiro atoms. The lowest BCUT2D eigenvalue weighted by Gasteiger charge is -2.23. The Morgan fingerprint density at radius 3 is 1.66 bits per heavy atom. The first kappa shape index (κ1) is 27.4. The summed E-state index contributed by atoms with van der Waals surface area (Å²) in [6, 6.07) is 49.0. The first-order valence-electron chi connectivity index (χ1n) is 14.7. The Balaban J connectivity index is 0.00000312. The highest BCUT2D eigenvalue weighted by molar-refractivity contribution is 5.99. The maximum Gasteiger partial charge on any atom is 0.164 e. The minimum Gasteiger partial charge on any atom is -0.208 e. The first-order valence-corrected chi connectivity index (χ1v) is 14.7. The second kappa shape index (κ2) is 10.7. The number of rotatable bonds is 4. The normalized spacial score (nSPS) is 12.8. The van der Waals surface area contributed by atoms with Crippen molar-refractivity contribution in [1.82, 2.24) is 15.0 Å². The van der Waals surface area contributed by atoms with Crippen molar-refractivity contribution in [3.05, 3.63) is 151 Å². The van der Waals surface area contributed by atoms with Gasteiger partial charge >= 0.3 is 0 Å². The Kier molecular flexibility index (Phi) is 6.67. The molecule has 212 valence electrons. The van der Waals surface area contributed by atoms with E-state index >= 15 is 0 Å². The van der Waals surface area contributed by atoms with Gasteiger partial charge in [-0.3, -0.25) is 0 Å². The van der Waals surface area contributed by atoms with E-state index in [1.807, 2.05) is 60.7 Å². The fourth-order valence-corrected chi connectivity index (χ4v) is 6.58. The van der Waals surface area contributed by atoms with Crippen LogP contribution in [0, 0.1) is 0 Å². The van der Waals surface area contributed by atoms with Gasteiger partial charge in [-0.25, -0.2) is 15.0 Å². The van der Waals surface area contributed by atoms with E-state index in [2.05, 4.69) is 92.7 Å². The zero-order chi connectivity index (χ0) is 29.0. The Bertz CT molecular complexity index is 2090. The summed E-state index contributed by atoms with van der Waals surface area (Å²) >= 11 is 0. The third-order valence-corrected chi connectivity index (χ3v) is 8.69. The number of benzene rings is 6. The van der Waals surface area contributed by atoms with Crippen LogP contribution in [0.3, 0.4) is 0 Å². The van der Waals surface area contributed by atoms with Crippen molar-refractivity contribution < 1.29 is 0 Å². The van der Waals surface area contributed by atoms with E-state index in [0.717, 1.165) is 22.3 Å². The fraction of sp³-hybridized carbons (Fsp3) is 0.0976. The van der Waals surface area contributed by atoms with Gasteiger partial charge in [-0.2, -0.15) is 0 Å². The zero-order valence-electron chi connectivity index (χ0n) is 24.1. The van der Waals surface area contributed by atoms with Crippen molar-refractivity contribution >= 4 is 10.8 Å². The molecule has 1 heterocycles. The number of hydrogen-bond acceptors (Lipinski definition) is 3. The van der Waals surface area contributed by atoms with E-state index in [9.17, 15) is 0 Å². The monoisotopic (exact) mass is 567 g/mol. The van der Waals surface area contributed by atoms with E-state index in [1.54, 1.807) is 0 Å². The average molecular weight is 568 g/mol. The topological polar surface area (TPSA) is 38.7 Å². The van der Waals surface area contributed by atoms with Gasteiger partial charge in [0.15, 0.2) is 17.5 Å². The predicted octanol–water partition coefficient (Wildman–Crippen LogP) is 10.6. The molecule has 0 atom stereocenters. The number of aromatic nitrogens is 3. The molecule has 8 rings (SSSR count). The molecule has 0 bridgehead atoms. The van der Waals surface area contributed by atoms with Crippen LogP contribution in [0.2, 0.25) is 0 Å². The quantitative estimate of drug-likeness (QED) is 0.212. The van der Waals surface area contributed by atoms with Gasteiger partial charge in [0.2, 0.25) is 0 Å². The third-order valence-electron chi connectivity index (χ3n) is 8.69. The van der Waals surface area contributed by atoms with Gasteiger partial charge in [0, 0.05) is 22.1 Å².